The first-order valence-corrected chi connectivity index (χ1v) is 10.0. The van der Waals surface area contributed by atoms with Gasteiger partial charge in [-0.1, -0.05) is 32.9 Å². The molecule has 2 rings (SSSR count). The molecule has 1 fully saturated rings. The van der Waals surface area contributed by atoms with E-state index in [1.54, 1.807) is 7.11 Å². The van der Waals surface area contributed by atoms with Crippen LogP contribution in [0.3, 0.4) is 0 Å². The van der Waals surface area contributed by atoms with Crippen molar-refractivity contribution >= 4 is 8.32 Å². The monoisotopic (exact) mass is 278 g/mol. The van der Waals surface area contributed by atoms with E-state index in [0.29, 0.717) is 5.92 Å². The largest absolute Gasteiger partial charge is 0.541 e. The third-order valence-electron chi connectivity index (χ3n) is 4.41. The van der Waals surface area contributed by atoms with Crippen molar-refractivity contribution in [3.63, 3.8) is 0 Å². The predicted octanol–water partition coefficient (Wildman–Crippen LogP) is 4.96. The van der Waals surface area contributed by atoms with Crippen molar-refractivity contribution in [3.05, 3.63) is 23.8 Å². The maximum atomic E-state index is 6.53. The molecule has 0 heterocycles. The summed E-state index contributed by atoms with van der Waals surface area (Å²) in [6, 6.07) is 6.28. The summed E-state index contributed by atoms with van der Waals surface area (Å²) in [4.78, 5) is 0. The molecule has 2 nitrogen and oxygen atoms in total. The van der Waals surface area contributed by atoms with Crippen LogP contribution in [0, 0.1) is 0 Å². The van der Waals surface area contributed by atoms with Crippen molar-refractivity contribution in [3.8, 4) is 11.5 Å². The van der Waals surface area contributed by atoms with Crippen molar-refractivity contribution in [2.24, 2.45) is 0 Å². The summed E-state index contributed by atoms with van der Waals surface area (Å²) in [5, 5.41) is 0.203. The van der Waals surface area contributed by atoms with E-state index >= 15 is 0 Å². The van der Waals surface area contributed by atoms with Crippen LogP contribution in [-0.4, -0.2) is 15.4 Å². The van der Waals surface area contributed by atoms with Gasteiger partial charge in [-0.25, -0.2) is 0 Å². The van der Waals surface area contributed by atoms with Gasteiger partial charge in [0.25, 0.3) is 8.32 Å². The summed E-state index contributed by atoms with van der Waals surface area (Å²) in [5.41, 5.74) is 1.34. The van der Waals surface area contributed by atoms with Crippen LogP contribution in [0.25, 0.3) is 0 Å². The van der Waals surface area contributed by atoms with Crippen LogP contribution in [0.1, 0.15) is 45.1 Å². The molecule has 0 aliphatic heterocycles. The van der Waals surface area contributed by atoms with E-state index in [0.717, 1.165) is 11.5 Å². The number of hydrogen-bond acceptors (Lipinski definition) is 2. The molecule has 0 radical (unpaired) electrons. The molecule has 106 valence electrons. The Morgan fingerprint density at radius 2 is 1.79 bits per heavy atom. The Bertz CT molecular complexity index is 456. The summed E-state index contributed by atoms with van der Waals surface area (Å²) < 4.78 is 12.1. The van der Waals surface area contributed by atoms with Gasteiger partial charge in [-0.05, 0) is 48.5 Å². The first-order chi connectivity index (χ1) is 8.76. The van der Waals surface area contributed by atoms with Gasteiger partial charge in [-0.2, -0.15) is 0 Å². The fraction of sp³-hybridized carbons (Fsp3) is 0.625. The van der Waals surface area contributed by atoms with Crippen LogP contribution in [0.5, 0.6) is 11.5 Å². The molecule has 3 heteroatoms. The lowest BCUT2D eigenvalue weighted by atomic mass is 10.1. The Morgan fingerprint density at radius 1 is 1.16 bits per heavy atom. The highest BCUT2D eigenvalue weighted by atomic mass is 28.4. The zero-order chi connectivity index (χ0) is 14.3. The predicted molar refractivity (Wildman–Crippen MR) is 82.8 cm³/mol. The number of rotatable bonds is 4. The summed E-state index contributed by atoms with van der Waals surface area (Å²) in [6.45, 7) is 11.4. The highest BCUT2D eigenvalue weighted by Gasteiger charge is 2.41. The minimum Gasteiger partial charge on any atom is -0.541 e. The molecule has 0 atom stereocenters. The van der Waals surface area contributed by atoms with E-state index in [2.05, 4.69) is 46.0 Å². The summed E-state index contributed by atoms with van der Waals surface area (Å²) in [7, 11) is -0.0962. The van der Waals surface area contributed by atoms with Gasteiger partial charge in [0.2, 0.25) is 0 Å². The molecule has 0 N–H and O–H groups in total. The molecular formula is C16H26O2Si. The standard InChI is InChI=1S/C16H26O2Si/c1-16(2,3)19(5,6)18-15-13(12-10-11-12)8-7-9-14(15)17-4/h7-9,12H,10-11H2,1-6H3. The van der Waals surface area contributed by atoms with E-state index in [-0.39, 0.29) is 5.04 Å². The second-order valence-corrected chi connectivity index (χ2v) is 11.7. The maximum Gasteiger partial charge on any atom is 0.250 e. The minimum absolute atomic E-state index is 0.203. The fourth-order valence-corrected chi connectivity index (χ4v) is 2.96. The van der Waals surface area contributed by atoms with Crippen molar-refractivity contribution in [1.29, 1.82) is 0 Å². The molecule has 0 unspecified atom stereocenters. The molecule has 0 aromatic heterocycles. The molecule has 1 aromatic carbocycles. The molecule has 1 aliphatic carbocycles. The van der Waals surface area contributed by atoms with Crippen LogP contribution in [0.4, 0.5) is 0 Å². The lowest BCUT2D eigenvalue weighted by molar-refractivity contribution is 0.384. The van der Waals surface area contributed by atoms with Gasteiger partial charge in [0.15, 0.2) is 5.75 Å². The Kier molecular flexibility index (Phi) is 3.69. The van der Waals surface area contributed by atoms with Gasteiger partial charge >= 0.3 is 0 Å². The van der Waals surface area contributed by atoms with Crippen LogP contribution in [-0.2, 0) is 0 Å². The van der Waals surface area contributed by atoms with Crippen molar-refractivity contribution < 1.29 is 9.16 Å². The average Bonchev–Trinajstić information content (AvgIpc) is 3.11. The van der Waals surface area contributed by atoms with Crippen molar-refractivity contribution in [1.82, 2.24) is 0 Å². The van der Waals surface area contributed by atoms with Gasteiger partial charge in [0, 0.05) is 0 Å². The van der Waals surface area contributed by atoms with Crippen molar-refractivity contribution in [2.75, 3.05) is 7.11 Å². The van der Waals surface area contributed by atoms with Gasteiger partial charge in [-0.15, -0.1) is 0 Å². The van der Waals surface area contributed by atoms with Gasteiger partial charge in [-0.3, -0.25) is 0 Å². The van der Waals surface area contributed by atoms with Crippen LogP contribution >= 0.6 is 0 Å². The quantitative estimate of drug-likeness (QED) is 0.725. The Hall–Kier alpha value is -0.963. The third kappa shape index (κ3) is 2.97. The second-order valence-electron chi connectivity index (χ2n) is 7.02. The highest BCUT2D eigenvalue weighted by molar-refractivity contribution is 6.74. The molecular weight excluding hydrogens is 252 g/mol. The molecule has 0 amide bonds. The second kappa shape index (κ2) is 4.86. The average molecular weight is 278 g/mol. The fourth-order valence-electron chi connectivity index (χ4n) is 1.93. The van der Waals surface area contributed by atoms with Crippen molar-refractivity contribution in [2.45, 2.75) is 57.7 Å². The van der Waals surface area contributed by atoms with E-state index in [1.807, 2.05) is 6.07 Å². The van der Waals surface area contributed by atoms with E-state index in [4.69, 9.17) is 9.16 Å². The van der Waals surface area contributed by atoms with E-state index in [1.165, 1.54) is 18.4 Å². The summed E-state index contributed by atoms with van der Waals surface area (Å²) in [6.07, 6.45) is 2.56. The number of para-hydroxylation sites is 1. The smallest absolute Gasteiger partial charge is 0.250 e. The molecule has 1 saturated carbocycles. The summed E-state index contributed by atoms with van der Waals surface area (Å²) >= 11 is 0. The number of hydrogen-bond donors (Lipinski definition) is 0. The molecule has 1 aliphatic rings. The third-order valence-corrected chi connectivity index (χ3v) is 8.74. The lowest BCUT2D eigenvalue weighted by Gasteiger charge is -2.37. The minimum atomic E-state index is -1.82. The molecule has 1 aromatic rings. The van der Waals surface area contributed by atoms with Crippen LogP contribution in [0.15, 0.2) is 18.2 Å². The number of methoxy groups -OCH3 is 1. The Balaban J connectivity index is 2.38. The maximum absolute atomic E-state index is 6.53. The SMILES string of the molecule is COc1cccc(C2CC2)c1O[Si](C)(C)C(C)(C)C. The summed E-state index contributed by atoms with van der Waals surface area (Å²) in [5.74, 6) is 2.56. The highest BCUT2D eigenvalue weighted by Crippen LogP contribution is 2.49. The van der Waals surface area contributed by atoms with Gasteiger partial charge in [0.05, 0.1) is 7.11 Å². The first kappa shape index (κ1) is 14.4. The van der Waals surface area contributed by atoms with Crippen LogP contribution < -0.4 is 9.16 Å². The zero-order valence-corrected chi connectivity index (χ0v) is 14.0. The molecule has 0 bridgehead atoms. The van der Waals surface area contributed by atoms with Gasteiger partial charge < -0.3 is 9.16 Å². The van der Waals surface area contributed by atoms with E-state index in [9.17, 15) is 0 Å². The van der Waals surface area contributed by atoms with Crippen LogP contribution in [0.2, 0.25) is 18.1 Å². The van der Waals surface area contributed by atoms with E-state index < -0.39 is 8.32 Å². The zero-order valence-electron chi connectivity index (χ0n) is 13.0. The first-order valence-electron chi connectivity index (χ1n) is 7.12. The Labute approximate surface area is 118 Å². The molecule has 0 spiro atoms. The molecule has 0 saturated heterocycles. The molecule has 19 heavy (non-hydrogen) atoms. The lowest BCUT2D eigenvalue weighted by Crippen LogP contribution is -2.44. The topological polar surface area (TPSA) is 18.5 Å². The Morgan fingerprint density at radius 3 is 2.26 bits per heavy atom. The number of benzene rings is 1. The number of ether oxygens (including phenoxy) is 1. The normalized spacial score (nSPS) is 16.3. The van der Waals surface area contributed by atoms with Gasteiger partial charge in [0.1, 0.15) is 5.75 Å².